The number of alkyl halides is 3. The molecule has 0 unspecified atom stereocenters. The molecule has 1 fully saturated rings. The first-order valence-corrected chi connectivity index (χ1v) is 7.71. The van der Waals surface area contributed by atoms with Gasteiger partial charge in [0, 0.05) is 11.1 Å². The predicted octanol–water partition coefficient (Wildman–Crippen LogP) is 3.34. The number of benzene rings is 1. The fraction of sp³-hybridized carbons (Fsp3) is 0.533. The largest absolute Gasteiger partial charge is 0.412 e. The summed E-state index contributed by atoms with van der Waals surface area (Å²) in [6.45, 7) is 1.62. The van der Waals surface area contributed by atoms with E-state index in [2.05, 4.69) is 10.2 Å². The Morgan fingerprint density at radius 2 is 1.83 bits per heavy atom. The average Bonchev–Trinajstić information content (AvgIpc) is 2.47. The van der Waals surface area contributed by atoms with E-state index in [1.54, 1.807) is 0 Å². The maximum atomic E-state index is 13.2. The topological polar surface area (TPSA) is 44.4 Å². The van der Waals surface area contributed by atoms with Gasteiger partial charge in [0.15, 0.2) is 6.04 Å². The standard InChI is InChI=1S/C15H19ClF3N3O/c1-22-8-6-12(7-9-22)20-14(23)21-13(15(17,18)19)10-2-4-11(16)5-3-10/h2-5,12-13H,6-9H2,1H3,(H2,20,21,23)/t13-/m1/s1. The summed E-state index contributed by atoms with van der Waals surface area (Å²) in [7, 11) is 1.97. The van der Waals surface area contributed by atoms with Gasteiger partial charge in [-0.25, -0.2) is 4.79 Å². The number of nitrogens with one attached hydrogen (secondary N) is 2. The van der Waals surface area contributed by atoms with E-state index >= 15 is 0 Å². The first-order valence-electron chi connectivity index (χ1n) is 7.33. The lowest BCUT2D eigenvalue weighted by molar-refractivity contribution is -0.155. The van der Waals surface area contributed by atoms with Crippen LogP contribution in [0.2, 0.25) is 5.02 Å². The van der Waals surface area contributed by atoms with Gasteiger partial charge in [-0.2, -0.15) is 13.2 Å². The fourth-order valence-electron chi connectivity index (χ4n) is 2.52. The van der Waals surface area contributed by atoms with Crippen LogP contribution >= 0.6 is 11.6 Å². The number of rotatable bonds is 3. The molecule has 128 valence electrons. The molecule has 0 bridgehead atoms. The van der Waals surface area contributed by atoms with Crippen LogP contribution in [0.4, 0.5) is 18.0 Å². The van der Waals surface area contributed by atoms with Crippen LogP contribution in [-0.2, 0) is 0 Å². The van der Waals surface area contributed by atoms with Gasteiger partial charge in [-0.15, -0.1) is 0 Å². The van der Waals surface area contributed by atoms with Crippen LogP contribution in [0.3, 0.4) is 0 Å². The third-order valence-corrected chi connectivity index (χ3v) is 4.11. The smallest absolute Gasteiger partial charge is 0.335 e. The van der Waals surface area contributed by atoms with Crippen molar-refractivity contribution >= 4 is 17.6 Å². The molecule has 1 aromatic carbocycles. The Morgan fingerprint density at radius 3 is 2.35 bits per heavy atom. The lowest BCUT2D eigenvalue weighted by Crippen LogP contribution is -2.49. The molecule has 1 aliphatic rings. The summed E-state index contributed by atoms with van der Waals surface area (Å²) in [6.07, 6.45) is -3.14. The molecule has 0 spiro atoms. The van der Waals surface area contributed by atoms with Gasteiger partial charge < -0.3 is 15.5 Å². The van der Waals surface area contributed by atoms with Crippen molar-refractivity contribution in [3.8, 4) is 0 Å². The van der Waals surface area contributed by atoms with Gasteiger partial charge in [-0.05, 0) is 50.7 Å². The van der Waals surface area contributed by atoms with Crippen LogP contribution in [0, 0.1) is 0 Å². The third-order valence-electron chi connectivity index (χ3n) is 3.86. The maximum absolute atomic E-state index is 13.2. The number of hydrogen-bond acceptors (Lipinski definition) is 2. The molecule has 4 nitrogen and oxygen atoms in total. The van der Waals surface area contributed by atoms with Crippen molar-refractivity contribution in [3.63, 3.8) is 0 Å². The van der Waals surface area contributed by atoms with E-state index in [1.807, 2.05) is 12.4 Å². The molecule has 2 N–H and O–H groups in total. The Kier molecular flexibility index (Phi) is 5.75. The second kappa shape index (κ2) is 7.40. The Bertz CT molecular complexity index is 528. The lowest BCUT2D eigenvalue weighted by Gasteiger charge is -2.30. The normalized spacial score (nSPS) is 18.5. The van der Waals surface area contributed by atoms with E-state index in [4.69, 9.17) is 11.6 Å². The summed E-state index contributed by atoms with van der Waals surface area (Å²) >= 11 is 5.69. The van der Waals surface area contributed by atoms with Gasteiger partial charge in [-0.3, -0.25) is 0 Å². The van der Waals surface area contributed by atoms with Crippen molar-refractivity contribution < 1.29 is 18.0 Å². The van der Waals surface area contributed by atoms with E-state index in [-0.39, 0.29) is 11.6 Å². The van der Waals surface area contributed by atoms with Gasteiger partial charge in [0.25, 0.3) is 0 Å². The van der Waals surface area contributed by atoms with Crippen LogP contribution in [0.5, 0.6) is 0 Å². The molecule has 23 heavy (non-hydrogen) atoms. The number of carbonyl (C=O) groups is 1. The van der Waals surface area contributed by atoms with Crippen molar-refractivity contribution in [1.29, 1.82) is 0 Å². The molecular formula is C15H19ClF3N3O. The zero-order valence-corrected chi connectivity index (χ0v) is 13.4. The third kappa shape index (κ3) is 5.28. The second-order valence-corrected chi connectivity index (χ2v) is 6.16. The van der Waals surface area contributed by atoms with Crippen LogP contribution in [0.25, 0.3) is 0 Å². The molecule has 8 heteroatoms. The van der Waals surface area contributed by atoms with E-state index in [0.717, 1.165) is 25.9 Å². The number of piperidine rings is 1. The quantitative estimate of drug-likeness (QED) is 0.879. The zero-order valence-electron chi connectivity index (χ0n) is 12.7. The lowest BCUT2D eigenvalue weighted by atomic mass is 10.1. The van der Waals surface area contributed by atoms with Gasteiger partial charge in [-0.1, -0.05) is 23.7 Å². The molecule has 0 aromatic heterocycles. The SMILES string of the molecule is CN1CCC(NC(=O)N[C@H](c2ccc(Cl)cc2)C(F)(F)F)CC1. The van der Waals surface area contributed by atoms with Gasteiger partial charge in [0.2, 0.25) is 0 Å². The number of halogens is 4. The second-order valence-electron chi connectivity index (χ2n) is 5.72. The van der Waals surface area contributed by atoms with Gasteiger partial charge in [0.05, 0.1) is 0 Å². The van der Waals surface area contributed by atoms with Crippen molar-refractivity contribution in [2.45, 2.75) is 31.1 Å². The molecule has 0 radical (unpaired) electrons. The summed E-state index contributed by atoms with van der Waals surface area (Å²) < 4.78 is 39.6. The number of amides is 2. The van der Waals surface area contributed by atoms with Crippen LogP contribution in [0.15, 0.2) is 24.3 Å². The molecule has 1 saturated heterocycles. The molecule has 2 amide bonds. The molecule has 1 aliphatic heterocycles. The van der Waals surface area contributed by atoms with Crippen molar-refractivity contribution in [2.75, 3.05) is 20.1 Å². The highest BCUT2D eigenvalue weighted by atomic mass is 35.5. The number of hydrogen-bond donors (Lipinski definition) is 2. The Balaban J connectivity index is 2.00. The van der Waals surface area contributed by atoms with E-state index in [1.165, 1.54) is 24.3 Å². The summed E-state index contributed by atoms with van der Waals surface area (Å²) in [4.78, 5) is 14.0. The highest BCUT2D eigenvalue weighted by molar-refractivity contribution is 6.30. The molecule has 0 saturated carbocycles. The van der Waals surface area contributed by atoms with Gasteiger partial charge in [0.1, 0.15) is 0 Å². The van der Waals surface area contributed by atoms with E-state index in [0.29, 0.717) is 5.02 Å². The number of nitrogens with zero attached hydrogens (tertiary/aromatic N) is 1. The van der Waals surface area contributed by atoms with E-state index in [9.17, 15) is 18.0 Å². The summed E-state index contributed by atoms with van der Waals surface area (Å²) in [5, 5.41) is 4.98. The van der Waals surface area contributed by atoms with Crippen molar-refractivity contribution in [2.24, 2.45) is 0 Å². The minimum atomic E-state index is -4.59. The molecule has 1 atom stereocenters. The average molecular weight is 350 g/mol. The summed E-state index contributed by atoms with van der Waals surface area (Å²) in [5.74, 6) is 0. The van der Waals surface area contributed by atoms with Crippen LogP contribution < -0.4 is 10.6 Å². The molecule has 0 aliphatic carbocycles. The van der Waals surface area contributed by atoms with E-state index < -0.39 is 18.2 Å². The minimum Gasteiger partial charge on any atom is -0.335 e. The Hall–Kier alpha value is -1.47. The molecule has 1 heterocycles. The first kappa shape index (κ1) is 17.9. The number of likely N-dealkylation sites (tertiary alicyclic amines) is 1. The molecular weight excluding hydrogens is 331 g/mol. The predicted molar refractivity (Wildman–Crippen MR) is 82.4 cm³/mol. The molecule has 2 rings (SSSR count). The fourth-order valence-corrected chi connectivity index (χ4v) is 2.65. The Morgan fingerprint density at radius 1 is 1.26 bits per heavy atom. The van der Waals surface area contributed by atoms with Crippen molar-refractivity contribution in [3.05, 3.63) is 34.9 Å². The van der Waals surface area contributed by atoms with Crippen LogP contribution in [-0.4, -0.2) is 43.3 Å². The Labute approximate surface area is 138 Å². The van der Waals surface area contributed by atoms with Gasteiger partial charge >= 0.3 is 12.2 Å². The highest BCUT2D eigenvalue weighted by Crippen LogP contribution is 2.33. The maximum Gasteiger partial charge on any atom is 0.412 e. The van der Waals surface area contributed by atoms with Crippen molar-refractivity contribution in [1.82, 2.24) is 15.5 Å². The molecule has 1 aromatic rings. The number of urea groups is 1. The summed E-state index contributed by atoms with van der Waals surface area (Å²) in [6, 6.07) is 2.28. The summed E-state index contributed by atoms with van der Waals surface area (Å²) in [5.41, 5.74) is -0.0552. The monoisotopic (exact) mass is 349 g/mol. The highest BCUT2D eigenvalue weighted by Gasteiger charge is 2.42. The number of carbonyl (C=O) groups excluding carboxylic acids is 1. The van der Waals surface area contributed by atoms with Crippen LogP contribution in [0.1, 0.15) is 24.4 Å². The first-order chi connectivity index (χ1) is 10.8. The zero-order chi connectivity index (χ0) is 17.0. The minimum absolute atomic E-state index is 0.0552.